The van der Waals surface area contributed by atoms with Crippen LogP contribution in [0.1, 0.15) is 12.0 Å². The van der Waals surface area contributed by atoms with Crippen molar-refractivity contribution >= 4 is 22.8 Å². The lowest BCUT2D eigenvalue weighted by Gasteiger charge is -2.15. The monoisotopic (exact) mass is 412 g/mol. The van der Waals surface area contributed by atoms with Crippen LogP contribution < -0.4 is 4.74 Å². The molecule has 0 atom stereocenters. The quantitative estimate of drug-likeness (QED) is 0.351. The molecule has 0 saturated heterocycles. The first-order chi connectivity index (χ1) is 15.0. The fraction of sp³-hybridized carbons (Fsp3) is 0.0385. The molecule has 0 heterocycles. The first-order valence-corrected chi connectivity index (χ1v) is 9.71. The number of phenolic OH excluding ortho intramolecular Hbond substituents is 2. The molecule has 31 heavy (non-hydrogen) atoms. The van der Waals surface area contributed by atoms with Gasteiger partial charge in [-0.25, -0.2) is 0 Å². The van der Waals surface area contributed by atoms with Crippen molar-refractivity contribution in [2.45, 2.75) is 6.42 Å². The smallest absolute Gasteiger partial charge is 0.307 e. The van der Waals surface area contributed by atoms with Gasteiger partial charge in [-0.2, -0.15) is 0 Å². The number of carboxylic acids is 1. The SMILES string of the molecule is O=C(O)C/C=C/c1ccc(Oc2c(-c3cccc(O)c3)ccc3cc(O)ccc23)cc1. The number of aromatic hydroxyl groups is 2. The fourth-order valence-electron chi connectivity index (χ4n) is 3.36. The summed E-state index contributed by atoms with van der Waals surface area (Å²) >= 11 is 0. The summed E-state index contributed by atoms with van der Waals surface area (Å²) in [7, 11) is 0. The Morgan fingerprint density at radius 1 is 0.871 bits per heavy atom. The van der Waals surface area contributed by atoms with Crippen LogP contribution >= 0.6 is 0 Å². The fourth-order valence-corrected chi connectivity index (χ4v) is 3.36. The molecule has 0 radical (unpaired) electrons. The number of phenols is 2. The molecule has 5 nitrogen and oxygen atoms in total. The molecular weight excluding hydrogens is 392 g/mol. The van der Waals surface area contributed by atoms with Crippen molar-refractivity contribution in [3.8, 4) is 34.1 Å². The first kappa shape index (κ1) is 20.0. The molecule has 0 aliphatic heterocycles. The van der Waals surface area contributed by atoms with Crippen LogP contribution in [0.3, 0.4) is 0 Å². The highest BCUT2D eigenvalue weighted by atomic mass is 16.5. The van der Waals surface area contributed by atoms with Crippen molar-refractivity contribution in [1.29, 1.82) is 0 Å². The molecule has 0 unspecified atom stereocenters. The maximum absolute atomic E-state index is 10.6. The third kappa shape index (κ3) is 4.67. The van der Waals surface area contributed by atoms with Gasteiger partial charge in [0.25, 0.3) is 0 Å². The average molecular weight is 412 g/mol. The van der Waals surface area contributed by atoms with Crippen LogP contribution in [0.5, 0.6) is 23.0 Å². The average Bonchev–Trinajstić information content (AvgIpc) is 2.74. The number of hydrogen-bond acceptors (Lipinski definition) is 4. The summed E-state index contributed by atoms with van der Waals surface area (Å²) in [5, 5.41) is 30.2. The van der Waals surface area contributed by atoms with Crippen LogP contribution in [-0.4, -0.2) is 21.3 Å². The summed E-state index contributed by atoms with van der Waals surface area (Å²) in [4.78, 5) is 10.6. The van der Waals surface area contributed by atoms with E-state index in [4.69, 9.17) is 9.84 Å². The van der Waals surface area contributed by atoms with Crippen molar-refractivity contribution in [1.82, 2.24) is 0 Å². The second-order valence-electron chi connectivity index (χ2n) is 7.07. The Morgan fingerprint density at radius 3 is 2.39 bits per heavy atom. The number of ether oxygens (including phenoxy) is 1. The van der Waals surface area contributed by atoms with Gasteiger partial charge < -0.3 is 20.1 Å². The highest BCUT2D eigenvalue weighted by Gasteiger charge is 2.13. The topological polar surface area (TPSA) is 87.0 Å². The summed E-state index contributed by atoms with van der Waals surface area (Å²) in [5.41, 5.74) is 2.47. The van der Waals surface area contributed by atoms with Crippen LogP contribution in [-0.2, 0) is 4.79 Å². The van der Waals surface area contributed by atoms with Gasteiger partial charge in [0.1, 0.15) is 23.0 Å². The lowest BCUT2D eigenvalue weighted by atomic mass is 9.99. The van der Waals surface area contributed by atoms with Gasteiger partial charge in [-0.05, 0) is 65.0 Å². The van der Waals surface area contributed by atoms with E-state index in [2.05, 4.69) is 0 Å². The minimum absolute atomic E-state index is 0.0334. The summed E-state index contributed by atoms with van der Waals surface area (Å²) in [6.45, 7) is 0. The number of rotatable bonds is 6. The van der Waals surface area contributed by atoms with Crippen molar-refractivity contribution < 1.29 is 24.9 Å². The van der Waals surface area contributed by atoms with Crippen molar-refractivity contribution in [3.05, 3.63) is 90.5 Å². The molecule has 0 aromatic heterocycles. The zero-order valence-electron chi connectivity index (χ0n) is 16.5. The number of carbonyl (C=O) groups is 1. The van der Waals surface area contributed by atoms with Gasteiger partial charge in [0.05, 0.1) is 6.42 Å². The van der Waals surface area contributed by atoms with Gasteiger partial charge in [-0.15, -0.1) is 0 Å². The van der Waals surface area contributed by atoms with Crippen LogP contribution in [0, 0.1) is 0 Å². The number of carboxylic acid groups (broad SMARTS) is 1. The molecule has 154 valence electrons. The van der Waals surface area contributed by atoms with E-state index in [9.17, 15) is 15.0 Å². The number of fused-ring (bicyclic) bond motifs is 1. The molecule has 0 spiro atoms. The second kappa shape index (κ2) is 8.63. The van der Waals surface area contributed by atoms with E-state index in [0.717, 1.165) is 27.5 Å². The zero-order valence-corrected chi connectivity index (χ0v) is 16.5. The van der Waals surface area contributed by atoms with Crippen LogP contribution in [0.15, 0.2) is 84.9 Å². The van der Waals surface area contributed by atoms with E-state index in [0.29, 0.717) is 11.5 Å². The van der Waals surface area contributed by atoms with Crippen LogP contribution in [0.2, 0.25) is 0 Å². The Balaban J connectivity index is 1.74. The Kier molecular flexibility index (Phi) is 5.58. The van der Waals surface area contributed by atoms with E-state index < -0.39 is 5.97 Å². The molecule has 0 saturated carbocycles. The minimum Gasteiger partial charge on any atom is -0.508 e. The number of hydrogen-bond donors (Lipinski definition) is 3. The molecule has 4 aromatic carbocycles. The molecule has 0 aliphatic rings. The molecule has 4 rings (SSSR count). The lowest BCUT2D eigenvalue weighted by Crippen LogP contribution is -1.91. The number of aliphatic carboxylic acids is 1. The van der Waals surface area contributed by atoms with Crippen molar-refractivity contribution in [2.24, 2.45) is 0 Å². The summed E-state index contributed by atoms with van der Waals surface area (Å²) in [6.07, 6.45) is 3.31. The predicted octanol–water partition coefficient (Wildman–Crippen LogP) is 6.20. The van der Waals surface area contributed by atoms with Crippen LogP contribution in [0.4, 0.5) is 0 Å². The molecule has 0 amide bonds. The van der Waals surface area contributed by atoms with Gasteiger partial charge in [-0.1, -0.05) is 42.5 Å². The highest BCUT2D eigenvalue weighted by molar-refractivity contribution is 5.96. The molecular formula is C26H20O5. The Hall–Kier alpha value is -4.25. The highest BCUT2D eigenvalue weighted by Crippen LogP contribution is 2.41. The third-order valence-electron chi connectivity index (χ3n) is 4.81. The normalized spacial score (nSPS) is 11.1. The van der Waals surface area contributed by atoms with Crippen LogP contribution in [0.25, 0.3) is 28.0 Å². The predicted molar refractivity (Wildman–Crippen MR) is 121 cm³/mol. The van der Waals surface area contributed by atoms with E-state index in [1.165, 1.54) is 0 Å². The molecule has 3 N–H and O–H groups in total. The van der Waals surface area contributed by atoms with Gasteiger partial charge in [-0.3, -0.25) is 4.79 Å². The summed E-state index contributed by atoms with van der Waals surface area (Å²) in [6, 6.07) is 23.1. The Labute approximate surface area is 179 Å². The summed E-state index contributed by atoms with van der Waals surface area (Å²) < 4.78 is 6.27. The van der Waals surface area contributed by atoms with Crippen molar-refractivity contribution in [2.75, 3.05) is 0 Å². The maximum Gasteiger partial charge on any atom is 0.307 e. The lowest BCUT2D eigenvalue weighted by molar-refractivity contribution is -0.135. The second-order valence-corrected chi connectivity index (χ2v) is 7.07. The molecule has 0 bridgehead atoms. The maximum atomic E-state index is 10.6. The van der Waals surface area contributed by atoms with Gasteiger partial charge >= 0.3 is 5.97 Å². The van der Waals surface area contributed by atoms with E-state index in [1.54, 1.807) is 48.6 Å². The Morgan fingerprint density at radius 2 is 1.65 bits per heavy atom. The van der Waals surface area contributed by atoms with Gasteiger partial charge in [0, 0.05) is 10.9 Å². The minimum atomic E-state index is -0.877. The van der Waals surface area contributed by atoms with Gasteiger partial charge in [0.2, 0.25) is 0 Å². The first-order valence-electron chi connectivity index (χ1n) is 9.71. The zero-order chi connectivity index (χ0) is 21.8. The summed E-state index contributed by atoms with van der Waals surface area (Å²) in [5.74, 6) is 0.667. The third-order valence-corrected chi connectivity index (χ3v) is 4.81. The molecule has 0 aliphatic carbocycles. The van der Waals surface area contributed by atoms with E-state index in [-0.39, 0.29) is 17.9 Å². The molecule has 4 aromatic rings. The van der Waals surface area contributed by atoms with Gasteiger partial charge in [0.15, 0.2) is 0 Å². The van der Waals surface area contributed by atoms with E-state index >= 15 is 0 Å². The Bertz CT molecular complexity index is 1270. The van der Waals surface area contributed by atoms with Crippen molar-refractivity contribution in [3.63, 3.8) is 0 Å². The van der Waals surface area contributed by atoms with E-state index in [1.807, 2.05) is 42.5 Å². The molecule has 5 heteroatoms. The molecule has 0 fully saturated rings. The number of benzene rings is 4. The largest absolute Gasteiger partial charge is 0.508 e. The standard InChI is InChI=1S/C26H20O5/c27-20-5-2-4-18(15-20)23-13-9-19-16-21(28)10-14-24(19)26(23)31-22-11-7-17(8-12-22)3-1-6-25(29)30/h1-5,7-16,27-28H,6H2,(H,29,30)/b3-1+.